The molecule has 9 nitrogen and oxygen atoms in total. The number of aromatic amines is 1. The largest absolute Gasteiger partial charge is 0.497 e. The van der Waals surface area contributed by atoms with Crippen LogP contribution in [0.3, 0.4) is 0 Å². The van der Waals surface area contributed by atoms with Crippen LogP contribution in [0.25, 0.3) is 10.9 Å². The molecule has 2 aromatic carbocycles. The monoisotopic (exact) mass is 465 g/mol. The van der Waals surface area contributed by atoms with Crippen molar-refractivity contribution >= 4 is 28.9 Å². The summed E-state index contributed by atoms with van der Waals surface area (Å²) in [5.74, 6) is -0.729. The average Bonchev–Trinajstić information content (AvgIpc) is 3.48. The van der Waals surface area contributed by atoms with Gasteiger partial charge in [0.05, 0.1) is 7.11 Å². The molecule has 3 aromatic rings. The van der Waals surface area contributed by atoms with Gasteiger partial charge in [0.1, 0.15) is 24.1 Å². The zero-order chi connectivity index (χ0) is 24.1. The number of methoxy groups -OCH3 is 1. The number of aromatic nitrogens is 1. The molecule has 1 atom stereocenters. The van der Waals surface area contributed by atoms with Crippen molar-refractivity contribution in [3.8, 4) is 5.75 Å². The predicted octanol–water partition coefficient (Wildman–Crippen LogP) is 3.33. The molecule has 0 aliphatic carbocycles. The summed E-state index contributed by atoms with van der Waals surface area (Å²) in [6.07, 6.45) is 1.06. The van der Waals surface area contributed by atoms with Gasteiger partial charge in [0.15, 0.2) is 0 Å². The number of hydrogen-bond donors (Lipinski definition) is 3. The molecule has 2 amide bonds. The topological polar surface area (TPSA) is 121 Å². The van der Waals surface area contributed by atoms with Gasteiger partial charge < -0.3 is 24.9 Å². The lowest BCUT2D eigenvalue weighted by molar-refractivity contribution is -0.125. The van der Waals surface area contributed by atoms with Crippen LogP contribution in [0.1, 0.15) is 34.5 Å². The fourth-order valence-corrected chi connectivity index (χ4v) is 4.28. The second-order valence-corrected chi connectivity index (χ2v) is 8.13. The molecule has 0 spiro atoms. The minimum Gasteiger partial charge on any atom is -0.497 e. The van der Waals surface area contributed by atoms with E-state index >= 15 is 0 Å². The van der Waals surface area contributed by atoms with Crippen LogP contribution in [0.2, 0.25) is 0 Å². The molecule has 34 heavy (non-hydrogen) atoms. The third-order valence-electron chi connectivity index (χ3n) is 6.00. The highest BCUT2D eigenvalue weighted by atomic mass is 16.6. The molecule has 178 valence electrons. The summed E-state index contributed by atoms with van der Waals surface area (Å²) in [5.41, 5.74) is 2.24. The molecule has 2 heterocycles. The second-order valence-electron chi connectivity index (χ2n) is 8.13. The van der Waals surface area contributed by atoms with E-state index in [0.29, 0.717) is 42.6 Å². The van der Waals surface area contributed by atoms with Gasteiger partial charge in [-0.05, 0) is 48.6 Å². The number of benzene rings is 2. The number of amides is 2. The number of ether oxygens (including phenoxy) is 2. The molecule has 3 N–H and O–H groups in total. The number of nitrogens with zero attached hydrogens (tertiary/aromatic N) is 1. The van der Waals surface area contributed by atoms with Gasteiger partial charge in [-0.25, -0.2) is 9.59 Å². The quantitative estimate of drug-likeness (QED) is 0.469. The highest BCUT2D eigenvalue weighted by Gasteiger charge is 2.35. The lowest BCUT2D eigenvalue weighted by Gasteiger charge is -2.23. The van der Waals surface area contributed by atoms with E-state index in [1.165, 1.54) is 4.90 Å². The van der Waals surface area contributed by atoms with Crippen molar-refractivity contribution < 1.29 is 29.0 Å². The highest BCUT2D eigenvalue weighted by Crippen LogP contribution is 2.27. The average molecular weight is 466 g/mol. The van der Waals surface area contributed by atoms with Gasteiger partial charge in [-0.2, -0.15) is 0 Å². The fraction of sp³-hybridized carbons (Fsp3) is 0.320. The molecule has 4 rings (SSSR count). The van der Waals surface area contributed by atoms with E-state index in [0.717, 1.165) is 10.9 Å². The molecule has 0 bridgehead atoms. The van der Waals surface area contributed by atoms with Crippen LogP contribution in [0.4, 0.5) is 4.79 Å². The van der Waals surface area contributed by atoms with Crippen LogP contribution < -0.4 is 10.1 Å². The Bertz CT molecular complexity index is 1190. The van der Waals surface area contributed by atoms with Gasteiger partial charge in [-0.3, -0.25) is 9.69 Å². The number of nitrogens with one attached hydrogen (secondary N) is 2. The molecular weight excluding hydrogens is 438 g/mol. The van der Waals surface area contributed by atoms with Gasteiger partial charge in [-0.1, -0.05) is 30.3 Å². The standard InChI is InChI=1S/C25H27N3O6/c1-33-17-9-10-20-19(14-17)18(22(27-20)24(30)31)11-12-26-23(29)21-8-5-13-28(21)25(32)34-15-16-6-3-2-4-7-16/h2-4,6-7,9-10,14,21,27H,5,8,11-13,15H2,1H3,(H,26,29)(H,30,31)/t21-/m1/s1. The number of carboxylic acids is 1. The van der Waals surface area contributed by atoms with Crippen LogP contribution in [-0.4, -0.2) is 59.2 Å². The maximum absolute atomic E-state index is 12.8. The number of hydrogen-bond acceptors (Lipinski definition) is 5. The van der Waals surface area contributed by atoms with Crippen molar-refractivity contribution in [1.29, 1.82) is 0 Å². The summed E-state index contributed by atoms with van der Waals surface area (Å²) >= 11 is 0. The Balaban J connectivity index is 1.38. The predicted molar refractivity (Wildman–Crippen MR) is 125 cm³/mol. The van der Waals surface area contributed by atoms with Crippen molar-refractivity contribution in [3.05, 3.63) is 65.4 Å². The summed E-state index contributed by atoms with van der Waals surface area (Å²) in [4.78, 5) is 41.5. The normalized spacial score (nSPS) is 15.3. The second kappa shape index (κ2) is 10.3. The number of likely N-dealkylation sites (tertiary alicyclic amines) is 1. The number of fused-ring (bicyclic) bond motifs is 1. The van der Waals surface area contributed by atoms with Crippen molar-refractivity contribution in [2.45, 2.75) is 31.9 Å². The summed E-state index contributed by atoms with van der Waals surface area (Å²) in [6.45, 7) is 0.830. The van der Waals surface area contributed by atoms with E-state index in [4.69, 9.17) is 9.47 Å². The maximum Gasteiger partial charge on any atom is 0.410 e. The van der Waals surface area contributed by atoms with Crippen molar-refractivity contribution in [1.82, 2.24) is 15.2 Å². The molecule has 0 radical (unpaired) electrons. The van der Waals surface area contributed by atoms with E-state index in [-0.39, 0.29) is 24.8 Å². The smallest absolute Gasteiger partial charge is 0.410 e. The number of aromatic carboxylic acids is 1. The summed E-state index contributed by atoms with van der Waals surface area (Å²) < 4.78 is 10.7. The first kappa shape index (κ1) is 23.2. The number of carbonyl (C=O) groups is 3. The van der Waals surface area contributed by atoms with E-state index in [9.17, 15) is 19.5 Å². The molecule has 1 aliphatic heterocycles. The van der Waals surface area contributed by atoms with Crippen molar-refractivity contribution in [2.75, 3.05) is 20.2 Å². The molecule has 1 fully saturated rings. The lowest BCUT2D eigenvalue weighted by atomic mass is 10.1. The SMILES string of the molecule is COc1ccc2[nH]c(C(=O)O)c(CCNC(=O)[C@H]3CCCN3C(=O)OCc3ccccc3)c2c1. The zero-order valence-electron chi connectivity index (χ0n) is 18.9. The Morgan fingerprint density at radius 2 is 1.97 bits per heavy atom. The molecule has 0 unspecified atom stereocenters. The van der Waals surface area contributed by atoms with E-state index in [1.54, 1.807) is 25.3 Å². The molecule has 9 heteroatoms. The van der Waals surface area contributed by atoms with E-state index in [1.807, 2.05) is 30.3 Å². The van der Waals surface area contributed by atoms with Gasteiger partial charge in [0.2, 0.25) is 5.91 Å². The Morgan fingerprint density at radius 1 is 1.18 bits per heavy atom. The van der Waals surface area contributed by atoms with Gasteiger partial charge in [0, 0.05) is 24.0 Å². The summed E-state index contributed by atoms with van der Waals surface area (Å²) in [7, 11) is 1.55. The molecule has 1 saturated heterocycles. The molecular formula is C25H27N3O6. The van der Waals surface area contributed by atoms with Crippen LogP contribution in [0, 0.1) is 0 Å². The van der Waals surface area contributed by atoms with Crippen molar-refractivity contribution in [2.24, 2.45) is 0 Å². The Morgan fingerprint density at radius 3 is 2.71 bits per heavy atom. The van der Waals surface area contributed by atoms with Crippen LogP contribution >= 0.6 is 0 Å². The van der Waals surface area contributed by atoms with Gasteiger partial charge in [-0.15, -0.1) is 0 Å². The summed E-state index contributed by atoms with van der Waals surface area (Å²) in [5, 5.41) is 13.2. The first-order valence-corrected chi connectivity index (χ1v) is 11.1. The molecule has 0 saturated carbocycles. The Hall–Kier alpha value is -4.01. The first-order chi connectivity index (χ1) is 16.5. The van der Waals surface area contributed by atoms with E-state index < -0.39 is 18.1 Å². The van der Waals surface area contributed by atoms with E-state index in [2.05, 4.69) is 10.3 Å². The van der Waals surface area contributed by atoms with Crippen LogP contribution in [0.5, 0.6) is 5.75 Å². The van der Waals surface area contributed by atoms with Crippen LogP contribution in [0.15, 0.2) is 48.5 Å². The van der Waals surface area contributed by atoms with Gasteiger partial charge >= 0.3 is 12.1 Å². The Labute approximate surface area is 196 Å². The number of H-pyrrole nitrogens is 1. The summed E-state index contributed by atoms with van der Waals surface area (Å²) in [6, 6.07) is 14.0. The minimum absolute atomic E-state index is 0.0875. The number of carbonyl (C=O) groups excluding carboxylic acids is 2. The zero-order valence-corrected chi connectivity index (χ0v) is 18.9. The van der Waals surface area contributed by atoms with Crippen LogP contribution in [-0.2, 0) is 22.6 Å². The Kier molecular flexibility index (Phi) is 7.01. The third kappa shape index (κ3) is 4.98. The lowest BCUT2D eigenvalue weighted by Crippen LogP contribution is -2.46. The maximum atomic E-state index is 12.8. The van der Waals surface area contributed by atoms with Gasteiger partial charge in [0.25, 0.3) is 0 Å². The third-order valence-corrected chi connectivity index (χ3v) is 6.00. The minimum atomic E-state index is -1.07. The fourth-order valence-electron chi connectivity index (χ4n) is 4.28. The number of carboxylic acid groups (broad SMARTS) is 1. The van der Waals surface area contributed by atoms with Crippen molar-refractivity contribution in [3.63, 3.8) is 0 Å². The molecule has 1 aromatic heterocycles. The molecule has 1 aliphatic rings. The first-order valence-electron chi connectivity index (χ1n) is 11.1. The highest BCUT2D eigenvalue weighted by molar-refractivity contribution is 5.98. The number of rotatable bonds is 8.